The van der Waals surface area contributed by atoms with Crippen LogP contribution in [0.4, 0.5) is 5.13 Å². The predicted octanol–water partition coefficient (Wildman–Crippen LogP) is 3.88. The zero-order valence-electron chi connectivity index (χ0n) is 12.0. The Hall–Kier alpha value is -1.92. The highest BCUT2D eigenvalue weighted by atomic mass is 32.2. The SMILES string of the molecule is c1ccc(CNc2nnc(SCCc3ccncc3)s2)cc1. The number of aryl methyl sites for hydroxylation is 1. The van der Waals surface area contributed by atoms with Crippen LogP contribution in [0, 0.1) is 0 Å². The van der Waals surface area contributed by atoms with Crippen molar-refractivity contribution < 1.29 is 0 Å². The Labute approximate surface area is 138 Å². The number of thioether (sulfide) groups is 1. The van der Waals surface area contributed by atoms with E-state index in [9.17, 15) is 0 Å². The number of hydrogen-bond donors (Lipinski definition) is 1. The fourth-order valence-electron chi connectivity index (χ4n) is 1.92. The summed E-state index contributed by atoms with van der Waals surface area (Å²) in [4.78, 5) is 4.03. The first-order valence-electron chi connectivity index (χ1n) is 7.03. The van der Waals surface area contributed by atoms with Gasteiger partial charge in [-0.3, -0.25) is 4.98 Å². The van der Waals surface area contributed by atoms with Gasteiger partial charge in [0.25, 0.3) is 0 Å². The smallest absolute Gasteiger partial charge is 0.206 e. The molecule has 0 bridgehead atoms. The first-order chi connectivity index (χ1) is 10.9. The first kappa shape index (κ1) is 15.0. The Morgan fingerprint density at radius 1 is 0.955 bits per heavy atom. The summed E-state index contributed by atoms with van der Waals surface area (Å²) in [5.74, 6) is 0.997. The van der Waals surface area contributed by atoms with Crippen molar-refractivity contribution in [2.24, 2.45) is 0 Å². The molecule has 2 aromatic heterocycles. The van der Waals surface area contributed by atoms with Crippen LogP contribution in [0.15, 0.2) is 59.2 Å². The number of hydrogen-bond acceptors (Lipinski definition) is 6. The second kappa shape index (κ2) is 7.91. The largest absolute Gasteiger partial charge is 0.356 e. The highest BCUT2D eigenvalue weighted by Crippen LogP contribution is 2.26. The summed E-state index contributed by atoms with van der Waals surface area (Å²) in [6, 6.07) is 14.4. The van der Waals surface area contributed by atoms with Gasteiger partial charge in [-0.1, -0.05) is 53.4 Å². The topological polar surface area (TPSA) is 50.7 Å². The Morgan fingerprint density at radius 2 is 1.77 bits per heavy atom. The number of aromatic nitrogens is 3. The monoisotopic (exact) mass is 328 g/mol. The minimum absolute atomic E-state index is 0.775. The lowest BCUT2D eigenvalue weighted by atomic mass is 10.2. The summed E-state index contributed by atoms with van der Waals surface area (Å²) in [7, 11) is 0. The van der Waals surface area contributed by atoms with Crippen molar-refractivity contribution in [2.75, 3.05) is 11.1 Å². The second-order valence-electron chi connectivity index (χ2n) is 4.67. The summed E-state index contributed by atoms with van der Waals surface area (Å²) < 4.78 is 1.00. The number of pyridine rings is 1. The lowest BCUT2D eigenvalue weighted by Gasteiger charge is -2.01. The van der Waals surface area contributed by atoms with Crippen LogP contribution in [0.2, 0.25) is 0 Å². The molecule has 0 amide bonds. The molecule has 0 spiro atoms. The first-order valence-corrected chi connectivity index (χ1v) is 8.83. The molecular weight excluding hydrogens is 312 g/mol. The number of rotatable bonds is 7. The van der Waals surface area contributed by atoms with E-state index in [1.807, 2.05) is 42.7 Å². The van der Waals surface area contributed by atoms with Gasteiger partial charge < -0.3 is 5.32 Å². The van der Waals surface area contributed by atoms with Gasteiger partial charge >= 0.3 is 0 Å². The molecule has 0 unspecified atom stereocenters. The van der Waals surface area contributed by atoms with E-state index >= 15 is 0 Å². The van der Waals surface area contributed by atoms with Crippen LogP contribution >= 0.6 is 23.1 Å². The van der Waals surface area contributed by atoms with Gasteiger partial charge in [-0.25, -0.2) is 0 Å². The number of nitrogens with zero attached hydrogens (tertiary/aromatic N) is 3. The molecule has 0 fully saturated rings. The molecule has 0 aliphatic heterocycles. The zero-order valence-corrected chi connectivity index (χ0v) is 13.6. The van der Waals surface area contributed by atoms with E-state index in [0.717, 1.165) is 28.2 Å². The maximum Gasteiger partial charge on any atom is 0.206 e. The molecule has 0 aliphatic carbocycles. The van der Waals surface area contributed by atoms with E-state index < -0.39 is 0 Å². The van der Waals surface area contributed by atoms with Gasteiger partial charge in [-0.15, -0.1) is 10.2 Å². The van der Waals surface area contributed by atoms with Crippen molar-refractivity contribution in [1.82, 2.24) is 15.2 Å². The number of nitrogens with one attached hydrogen (secondary N) is 1. The molecule has 1 N–H and O–H groups in total. The average Bonchev–Trinajstić information content (AvgIpc) is 3.03. The van der Waals surface area contributed by atoms with Gasteiger partial charge in [-0.2, -0.15) is 0 Å². The number of anilines is 1. The lowest BCUT2D eigenvalue weighted by molar-refractivity contribution is 0.993. The molecule has 0 atom stereocenters. The zero-order chi connectivity index (χ0) is 15.0. The van der Waals surface area contributed by atoms with Crippen LogP contribution in [-0.4, -0.2) is 20.9 Å². The fraction of sp³-hybridized carbons (Fsp3) is 0.188. The quantitative estimate of drug-likeness (QED) is 0.667. The van der Waals surface area contributed by atoms with Crippen molar-refractivity contribution in [3.8, 4) is 0 Å². The van der Waals surface area contributed by atoms with E-state index in [1.165, 1.54) is 11.1 Å². The third-order valence-electron chi connectivity index (χ3n) is 3.06. The molecule has 3 rings (SSSR count). The standard InChI is InChI=1S/C16H16N4S2/c1-2-4-14(5-3-1)12-18-15-19-20-16(22-15)21-11-8-13-6-9-17-10-7-13/h1-7,9-10H,8,11-12H2,(H,18,19). The molecule has 6 heteroatoms. The Bertz CT molecular complexity index is 686. The van der Waals surface area contributed by atoms with Crippen molar-refractivity contribution in [3.05, 3.63) is 66.0 Å². The Balaban J connectivity index is 1.45. The summed E-state index contributed by atoms with van der Waals surface area (Å²) in [5.41, 5.74) is 2.54. The van der Waals surface area contributed by atoms with Gasteiger partial charge in [-0.05, 0) is 29.7 Å². The van der Waals surface area contributed by atoms with Gasteiger partial charge in [0.2, 0.25) is 5.13 Å². The summed E-state index contributed by atoms with van der Waals surface area (Å²) >= 11 is 3.35. The maximum atomic E-state index is 4.22. The minimum atomic E-state index is 0.775. The minimum Gasteiger partial charge on any atom is -0.356 e. The fourth-order valence-corrected chi connectivity index (χ4v) is 3.73. The molecule has 0 saturated heterocycles. The predicted molar refractivity (Wildman–Crippen MR) is 92.3 cm³/mol. The summed E-state index contributed by atoms with van der Waals surface area (Å²) in [6.45, 7) is 0.775. The number of benzene rings is 1. The third kappa shape index (κ3) is 4.54. The molecular formula is C16H16N4S2. The molecule has 0 saturated carbocycles. The van der Waals surface area contributed by atoms with Crippen LogP contribution in [0.5, 0.6) is 0 Å². The van der Waals surface area contributed by atoms with Crippen LogP contribution in [0.1, 0.15) is 11.1 Å². The second-order valence-corrected chi connectivity index (χ2v) is 6.99. The highest BCUT2D eigenvalue weighted by molar-refractivity contribution is 8.01. The van der Waals surface area contributed by atoms with E-state index in [0.29, 0.717) is 0 Å². The van der Waals surface area contributed by atoms with E-state index in [4.69, 9.17) is 0 Å². The summed E-state index contributed by atoms with van der Waals surface area (Å²) in [5, 5.41) is 12.6. The molecule has 0 radical (unpaired) electrons. The Morgan fingerprint density at radius 3 is 2.59 bits per heavy atom. The summed E-state index contributed by atoms with van der Waals surface area (Å²) in [6.07, 6.45) is 4.67. The van der Waals surface area contributed by atoms with Crippen LogP contribution in [0.3, 0.4) is 0 Å². The van der Waals surface area contributed by atoms with Crippen molar-refractivity contribution in [3.63, 3.8) is 0 Å². The Kier molecular flexibility index (Phi) is 5.39. The molecule has 112 valence electrons. The normalized spacial score (nSPS) is 10.5. The van der Waals surface area contributed by atoms with Gasteiger partial charge in [0.1, 0.15) is 0 Å². The van der Waals surface area contributed by atoms with Crippen LogP contribution in [0.25, 0.3) is 0 Å². The third-order valence-corrected chi connectivity index (χ3v) is 5.07. The molecule has 22 heavy (non-hydrogen) atoms. The molecule has 4 nitrogen and oxygen atoms in total. The van der Waals surface area contributed by atoms with Crippen LogP contribution < -0.4 is 5.32 Å². The van der Waals surface area contributed by atoms with Gasteiger partial charge in [0, 0.05) is 24.7 Å². The van der Waals surface area contributed by atoms with E-state index in [2.05, 4.69) is 32.6 Å². The maximum absolute atomic E-state index is 4.22. The molecule has 2 heterocycles. The lowest BCUT2D eigenvalue weighted by Crippen LogP contribution is -1.98. The van der Waals surface area contributed by atoms with E-state index in [1.54, 1.807) is 23.1 Å². The molecule has 1 aromatic carbocycles. The average molecular weight is 328 g/mol. The highest BCUT2D eigenvalue weighted by Gasteiger charge is 2.04. The molecule has 0 aliphatic rings. The molecule has 3 aromatic rings. The van der Waals surface area contributed by atoms with Crippen molar-refractivity contribution in [2.45, 2.75) is 17.3 Å². The van der Waals surface area contributed by atoms with Crippen LogP contribution in [-0.2, 0) is 13.0 Å². The van der Waals surface area contributed by atoms with Gasteiger partial charge in [0.05, 0.1) is 0 Å². The van der Waals surface area contributed by atoms with Crippen molar-refractivity contribution >= 4 is 28.2 Å². The van der Waals surface area contributed by atoms with E-state index in [-0.39, 0.29) is 0 Å². The van der Waals surface area contributed by atoms with Gasteiger partial charge in [0.15, 0.2) is 4.34 Å². The van der Waals surface area contributed by atoms with Crippen molar-refractivity contribution in [1.29, 1.82) is 0 Å².